The molecule has 0 unspecified atom stereocenters. The van der Waals surface area contributed by atoms with Crippen LogP contribution in [-0.4, -0.2) is 17.0 Å². The molecule has 4 nitrogen and oxygen atoms in total. The number of carbonyl (C=O) groups is 2. The monoisotopic (exact) mass is 185 g/mol. The molecule has 64 valence electrons. The second-order valence-corrected chi connectivity index (χ2v) is 3.10. The van der Waals surface area contributed by atoms with Crippen LogP contribution in [-0.2, 0) is 4.79 Å². The lowest BCUT2D eigenvalue weighted by atomic mass is 10.4. The summed E-state index contributed by atoms with van der Waals surface area (Å²) in [5.41, 5.74) is 0.532. The van der Waals surface area contributed by atoms with Crippen molar-refractivity contribution < 1.29 is 14.7 Å². The smallest absolute Gasteiger partial charge is 0.345 e. The van der Waals surface area contributed by atoms with Crippen LogP contribution in [0.5, 0.6) is 0 Å². The van der Waals surface area contributed by atoms with Gasteiger partial charge in [0.25, 0.3) is 0 Å². The summed E-state index contributed by atoms with van der Waals surface area (Å²) < 4.78 is 0. The van der Waals surface area contributed by atoms with Crippen molar-refractivity contribution in [1.29, 1.82) is 0 Å². The summed E-state index contributed by atoms with van der Waals surface area (Å²) in [6.45, 7) is 1.37. The summed E-state index contributed by atoms with van der Waals surface area (Å²) in [4.78, 5) is 21.2. The van der Waals surface area contributed by atoms with Crippen LogP contribution in [0.3, 0.4) is 0 Å². The van der Waals surface area contributed by atoms with E-state index in [9.17, 15) is 9.59 Å². The van der Waals surface area contributed by atoms with Gasteiger partial charge < -0.3 is 10.4 Å². The zero-order valence-electron chi connectivity index (χ0n) is 6.33. The summed E-state index contributed by atoms with van der Waals surface area (Å²) in [5.74, 6) is -1.18. The Bertz CT molecular complexity index is 318. The summed E-state index contributed by atoms with van der Waals surface area (Å²) >= 11 is 1.09. The van der Waals surface area contributed by atoms with E-state index in [4.69, 9.17) is 5.11 Å². The number of nitrogens with one attached hydrogen (secondary N) is 1. The lowest BCUT2D eigenvalue weighted by Crippen LogP contribution is -2.04. The standard InChI is InChI=1S/C7H7NO3S/c1-4(9)8-5-2-6(7(10)11)12-3-5/h2-3H,1H3,(H,8,9)(H,10,11). The second kappa shape index (κ2) is 3.36. The topological polar surface area (TPSA) is 66.4 Å². The average Bonchev–Trinajstić information content (AvgIpc) is 2.34. The third-order valence-corrected chi connectivity index (χ3v) is 2.05. The predicted molar refractivity (Wildman–Crippen MR) is 45.6 cm³/mol. The fourth-order valence-electron chi connectivity index (χ4n) is 0.717. The Hall–Kier alpha value is -1.36. The second-order valence-electron chi connectivity index (χ2n) is 2.19. The summed E-state index contributed by atoms with van der Waals surface area (Å²) in [7, 11) is 0. The number of aromatic carboxylic acids is 1. The maximum atomic E-state index is 10.5. The molecule has 0 spiro atoms. The predicted octanol–water partition coefficient (Wildman–Crippen LogP) is 1.40. The molecule has 1 heterocycles. The van der Waals surface area contributed by atoms with Crippen molar-refractivity contribution in [2.75, 3.05) is 5.32 Å². The molecule has 0 saturated heterocycles. The molecule has 1 amide bonds. The molecule has 12 heavy (non-hydrogen) atoms. The van der Waals surface area contributed by atoms with Gasteiger partial charge in [-0.1, -0.05) is 0 Å². The summed E-state index contributed by atoms with van der Waals surface area (Å²) in [6.07, 6.45) is 0. The third-order valence-electron chi connectivity index (χ3n) is 1.13. The Morgan fingerprint density at radius 2 is 2.25 bits per heavy atom. The Labute approximate surface area is 72.8 Å². The van der Waals surface area contributed by atoms with Gasteiger partial charge in [0.2, 0.25) is 5.91 Å². The Balaban J connectivity index is 2.77. The molecule has 1 aromatic rings. The first-order valence-corrected chi connectivity index (χ1v) is 4.07. The number of thiophene rings is 1. The van der Waals surface area contributed by atoms with Crippen molar-refractivity contribution in [3.63, 3.8) is 0 Å². The number of rotatable bonds is 2. The molecule has 1 rings (SSSR count). The van der Waals surface area contributed by atoms with E-state index in [2.05, 4.69) is 5.32 Å². The minimum Gasteiger partial charge on any atom is -0.477 e. The van der Waals surface area contributed by atoms with E-state index in [0.29, 0.717) is 5.69 Å². The number of carboxylic acids is 1. The zero-order valence-corrected chi connectivity index (χ0v) is 7.14. The molecule has 0 saturated carbocycles. The SMILES string of the molecule is CC(=O)Nc1csc(C(=O)O)c1. The van der Waals surface area contributed by atoms with Gasteiger partial charge in [-0.2, -0.15) is 0 Å². The average molecular weight is 185 g/mol. The van der Waals surface area contributed by atoms with E-state index >= 15 is 0 Å². The lowest BCUT2D eigenvalue weighted by molar-refractivity contribution is -0.114. The van der Waals surface area contributed by atoms with Crippen molar-refractivity contribution in [1.82, 2.24) is 0 Å². The number of hydrogen-bond acceptors (Lipinski definition) is 3. The molecule has 0 radical (unpaired) electrons. The number of anilines is 1. The van der Waals surface area contributed by atoms with Gasteiger partial charge in [-0.05, 0) is 6.07 Å². The quantitative estimate of drug-likeness (QED) is 0.731. The molecular formula is C7H7NO3S. The highest BCUT2D eigenvalue weighted by Gasteiger charge is 2.06. The Morgan fingerprint density at radius 3 is 2.67 bits per heavy atom. The maximum Gasteiger partial charge on any atom is 0.345 e. The molecule has 2 N–H and O–H groups in total. The van der Waals surface area contributed by atoms with Crippen LogP contribution in [0.1, 0.15) is 16.6 Å². The molecule has 0 aliphatic carbocycles. The van der Waals surface area contributed by atoms with Gasteiger partial charge in [-0.15, -0.1) is 11.3 Å². The van der Waals surface area contributed by atoms with Crippen LogP contribution in [0.25, 0.3) is 0 Å². The first kappa shape index (κ1) is 8.73. The van der Waals surface area contributed by atoms with Crippen LogP contribution in [0.15, 0.2) is 11.4 Å². The van der Waals surface area contributed by atoms with Gasteiger partial charge in [-0.25, -0.2) is 4.79 Å². The summed E-state index contributed by atoms with van der Waals surface area (Å²) in [6, 6.07) is 1.42. The van der Waals surface area contributed by atoms with Crippen LogP contribution in [0.2, 0.25) is 0 Å². The zero-order chi connectivity index (χ0) is 9.14. The van der Waals surface area contributed by atoms with Crippen LogP contribution < -0.4 is 5.32 Å². The van der Waals surface area contributed by atoms with Crippen molar-refractivity contribution in [2.45, 2.75) is 6.92 Å². The van der Waals surface area contributed by atoms with Crippen molar-refractivity contribution in [3.8, 4) is 0 Å². The third kappa shape index (κ3) is 2.06. The fraction of sp³-hybridized carbons (Fsp3) is 0.143. The van der Waals surface area contributed by atoms with Crippen molar-refractivity contribution in [2.24, 2.45) is 0 Å². The molecule has 0 fully saturated rings. The highest BCUT2D eigenvalue weighted by atomic mass is 32.1. The highest BCUT2D eigenvalue weighted by Crippen LogP contribution is 2.18. The number of hydrogen-bond donors (Lipinski definition) is 2. The van der Waals surface area contributed by atoms with Gasteiger partial charge >= 0.3 is 5.97 Å². The van der Waals surface area contributed by atoms with Crippen molar-refractivity contribution >= 4 is 28.9 Å². The van der Waals surface area contributed by atoms with Gasteiger partial charge in [0.15, 0.2) is 0 Å². The van der Waals surface area contributed by atoms with Gasteiger partial charge in [0.1, 0.15) is 4.88 Å². The first-order chi connectivity index (χ1) is 5.59. The number of carbonyl (C=O) groups excluding carboxylic acids is 1. The van der Waals surface area contributed by atoms with Crippen LogP contribution >= 0.6 is 11.3 Å². The molecule has 5 heteroatoms. The molecular weight excluding hydrogens is 178 g/mol. The molecule has 0 atom stereocenters. The molecule has 0 aromatic carbocycles. The van der Waals surface area contributed by atoms with Crippen LogP contribution in [0.4, 0.5) is 5.69 Å². The van der Waals surface area contributed by atoms with Crippen LogP contribution in [0, 0.1) is 0 Å². The van der Waals surface area contributed by atoms with E-state index in [1.165, 1.54) is 13.0 Å². The summed E-state index contributed by atoms with van der Waals surface area (Å²) in [5, 5.41) is 12.6. The minimum absolute atomic E-state index is 0.204. The van der Waals surface area contributed by atoms with E-state index in [1.54, 1.807) is 5.38 Å². The molecule has 1 aromatic heterocycles. The minimum atomic E-state index is -0.975. The Kier molecular flexibility index (Phi) is 2.44. The highest BCUT2D eigenvalue weighted by molar-refractivity contribution is 7.12. The van der Waals surface area contributed by atoms with Crippen molar-refractivity contribution in [3.05, 3.63) is 16.3 Å². The van der Waals surface area contributed by atoms with Gasteiger partial charge in [0, 0.05) is 12.3 Å². The fourth-order valence-corrected chi connectivity index (χ4v) is 1.39. The van der Waals surface area contributed by atoms with E-state index in [-0.39, 0.29) is 10.8 Å². The Morgan fingerprint density at radius 1 is 1.58 bits per heavy atom. The molecule has 0 aliphatic rings. The molecule has 0 aliphatic heterocycles. The van der Waals surface area contributed by atoms with Gasteiger partial charge in [-0.3, -0.25) is 4.79 Å². The van der Waals surface area contributed by atoms with E-state index < -0.39 is 5.97 Å². The van der Waals surface area contributed by atoms with E-state index in [0.717, 1.165) is 11.3 Å². The first-order valence-electron chi connectivity index (χ1n) is 3.19. The number of amides is 1. The normalized spacial score (nSPS) is 9.42. The number of carboxylic acid groups (broad SMARTS) is 1. The molecule has 0 bridgehead atoms. The lowest BCUT2D eigenvalue weighted by Gasteiger charge is -1.93. The van der Waals surface area contributed by atoms with E-state index in [1.807, 2.05) is 0 Å². The van der Waals surface area contributed by atoms with Gasteiger partial charge in [0.05, 0.1) is 5.69 Å². The maximum absolute atomic E-state index is 10.5. The largest absolute Gasteiger partial charge is 0.477 e.